The van der Waals surface area contributed by atoms with Crippen molar-refractivity contribution in [1.29, 1.82) is 0 Å². The highest BCUT2D eigenvalue weighted by atomic mass is 32.2. The fourth-order valence-electron chi connectivity index (χ4n) is 2.34. The van der Waals surface area contributed by atoms with Crippen LogP contribution in [0.1, 0.15) is 19.4 Å². The highest BCUT2D eigenvalue weighted by Crippen LogP contribution is 2.19. The van der Waals surface area contributed by atoms with E-state index < -0.39 is 10.0 Å². The molecule has 2 heterocycles. The van der Waals surface area contributed by atoms with Crippen molar-refractivity contribution in [2.75, 3.05) is 10.0 Å². The van der Waals surface area contributed by atoms with Gasteiger partial charge in [0.25, 0.3) is 10.0 Å². The zero-order chi connectivity index (χ0) is 20.0. The zero-order valence-corrected chi connectivity index (χ0v) is 16.3. The van der Waals surface area contributed by atoms with Gasteiger partial charge in [-0.2, -0.15) is 0 Å². The van der Waals surface area contributed by atoms with Gasteiger partial charge in [-0.1, -0.05) is 0 Å². The largest absolute Gasteiger partial charge is 0.491 e. The molecule has 0 fully saturated rings. The fourth-order valence-corrected chi connectivity index (χ4v) is 3.34. The molecule has 3 rings (SSSR count). The number of rotatable bonds is 8. The molecule has 0 bridgehead atoms. The number of nitrogens with one attached hydrogen (secondary N) is 2. The Hall–Kier alpha value is -3.20. The zero-order valence-electron chi connectivity index (χ0n) is 15.5. The molecule has 0 amide bonds. The molecule has 0 aliphatic carbocycles. The van der Waals surface area contributed by atoms with Crippen molar-refractivity contribution in [1.82, 2.24) is 15.2 Å². The predicted molar refractivity (Wildman–Crippen MR) is 107 cm³/mol. The number of ether oxygens (including phenoxy) is 1. The van der Waals surface area contributed by atoms with E-state index in [1.807, 2.05) is 26.0 Å². The first-order chi connectivity index (χ1) is 13.4. The first kappa shape index (κ1) is 19.6. The Balaban J connectivity index is 1.62. The van der Waals surface area contributed by atoms with Gasteiger partial charge >= 0.3 is 0 Å². The standard InChI is InChI=1S/C19H21N5O3S/c1-14(2)27-16-3-5-17(6-4-16)28(25,26)24-19-8-7-18(22-23-19)21-13-15-9-11-20-12-10-15/h3-12,14H,13H2,1-2H3,(H,21,22)(H,23,24). The van der Waals surface area contributed by atoms with Crippen molar-refractivity contribution in [3.63, 3.8) is 0 Å². The lowest BCUT2D eigenvalue weighted by Gasteiger charge is -2.11. The van der Waals surface area contributed by atoms with Gasteiger partial charge in [0.2, 0.25) is 0 Å². The summed E-state index contributed by atoms with van der Waals surface area (Å²) >= 11 is 0. The van der Waals surface area contributed by atoms with Gasteiger partial charge in [0.05, 0.1) is 11.0 Å². The molecule has 0 atom stereocenters. The lowest BCUT2D eigenvalue weighted by Crippen LogP contribution is -2.14. The normalized spacial score (nSPS) is 11.2. The van der Waals surface area contributed by atoms with Gasteiger partial charge in [0, 0.05) is 18.9 Å². The van der Waals surface area contributed by atoms with Crippen molar-refractivity contribution in [2.45, 2.75) is 31.4 Å². The summed E-state index contributed by atoms with van der Waals surface area (Å²) in [5.41, 5.74) is 1.05. The molecule has 0 radical (unpaired) electrons. The van der Waals surface area contributed by atoms with E-state index in [2.05, 4.69) is 25.2 Å². The maximum absolute atomic E-state index is 12.5. The van der Waals surface area contributed by atoms with Gasteiger partial charge in [0.1, 0.15) is 11.6 Å². The molecule has 0 saturated carbocycles. The first-order valence-electron chi connectivity index (χ1n) is 8.68. The van der Waals surface area contributed by atoms with Crippen LogP contribution in [0.15, 0.2) is 65.8 Å². The molecule has 0 aliphatic heterocycles. The summed E-state index contributed by atoms with van der Waals surface area (Å²) in [5, 5.41) is 11.0. The minimum Gasteiger partial charge on any atom is -0.491 e. The lowest BCUT2D eigenvalue weighted by molar-refractivity contribution is 0.242. The van der Waals surface area contributed by atoms with Crippen LogP contribution in [0.4, 0.5) is 11.6 Å². The SMILES string of the molecule is CC(C)Oc1ccc(S(=O)(=O)Nc2ccc(NCc3ccncc3)nn2)cc1. The molecule has 0 aliphatic rings. The van der Waals surface area contributed by atoms with Crippen LogP contribution in [0.3, 0.4) is 0 Å². The molecule has 3 aromatic rings. The van der Waals surface area contributed by atoms with Gasteiger partial charge in [-0.05, 0) is 67.9 Å². The third kappa shape index (κ3) is 5.40. The number of benzene rings is 1. The smallest absolute Gasteiger partial charge is 0.263 e. The van der Waals surface area contributed by atoms with E-state index in [0.29, 0.717) is 18.1 Å². The van der Waals surface area contributed by atoms with Crippen LogP contribution in [-0.2, 0) is 16.6 Å². The van der Waals surface area contributed by atoms with E-state index >= 15 is 0 Å². The van der Waals surface area contributed by atoms with E-state index in [9.17, 15) is 8.42 Å². The Morgan fingerprint density at radius 3 is 2.18 bits per heavy atom. The number of sulfonamides is 1. The van der Waals surface area contributed by atoms with E-state index in [1.165, 1.54) is 12.1 Å². The molecular formula is C19H21N5O3S. The number of anilines is 2. The van der Waals surface area contributed by atoms with E-state index in [1.54, 1.807) is 36.7 Å². The molecule has 0 saturated heterocycles. The molecule has 28 heavy (non-hydrogen) atoms. The van der Waals surface area contributed by atoms with Crippen molar-refractivity contribution in [3.8, 4) is 5.75 Å². The molecule has 2 N–H and O–H groups in total. The summed E-state index contributed by atoms with van der Waals surface area (Å²) in [5.74, 6) is 1.28. The van der Waals surface area contributed by atoms with Gasteiger partial charge in [-0.3, -0.25) is 9.71 Å². The molecule has 8 nitrogen and oxygen atoms in total. The third-order valence-electron chi connectivity index (χ3n) is 3.63. The number of aromatic nitrogens is 3. The average Bonchev–Trinajstić information content (AvgIpc) is 2.68. The number of pyridine rings is 1. The Bertz CT molecular complexity index is 992. The van der Waals surface area contributed by atoms with Crippen molar-refractivity contribution >= 4 is 21.7 Å². The second-order valence-electron chi connectivity index (χ2n) is 6.26. The van der Waals surface area contributed by atoms with Crippen LogP contribution in [0, 0.1) is 0 Å². The Morgan fingerprint density at radius 2 is 1.57 bits per heavy atom. The van der Waals surface area contributed by atoms with E-state index in [4.69, 9.17) is 4.74 Å². The highest BCUT2D eigenvalue weighted by Gasteiger charge is 2.15. The minimum atomic E-state index is -3.76. The van der Waals surface area contributed by atoms with Crippen molar-refractivity contribution in [3.05, 3.63) is 66.5 Å². The number of hydrogen-bond acceptors (Lipinski definition) is 7. The van der Waals surface area contributed by atoms with Gasteiger partial charge in [-0.15, -0.1) is 10.2 Å². The van der Waals surface area contributed by atoms with Crippen molar-refractivity contribution in [2.24, 2.45) is 0 Å². The number of nitrogens with zero attached hydrogens (tertiary/aromatic N) is 3. The quantitative estimate of drug-likeness (QED) is 0.599. The molecule has 0 unspecified atom stereocenters. The molecule has 0 spiro atoms. The van der Waals surface area contributed by atoms with Crippen LogP contribution in [0.2, 0.25) is 0 Å². The fraction of sp³-hybridized carbons (Fsp3) is 0.211. The average molecular weight is 399 g/mol. The topological polar surface area (TPSA) is 106 Å². The third-order valence-corrected chi connectivity index (χ3v) is 5.00. The van der Waals surface area contributed by atoms with Crippen molar-refractivity contribution < 1.29 is 13.2 Å². The lowest BCUT2D eigenvalue weighted by atomic mass is 10.3. The van der Waals surface area contributed by atoms with Gasteiger partial charge in [0.15, 0.2) is 5.82 Å². The molecule has 2 aromatic heterocycles. The summed E-state index contributed by atoms with van der Waals surface area (Å²) in [6.45, 7) is 4.37. The Kier molecular flexibility index (Phi) is 6.05. The summed E-state index contributed by atoms with van der Waals surface area (Å²) in [7, 11) is -3.76. The Morgan fingerprint density at radius 1 is 0.929 bits per heavy atom. The summed E-state index contributed by atoms with van der Waals surface area (Å²) in [4.78, 5) is 4.08. The van der Waals surface area contributed by atoms with Crippen LogP contribution >= 0.6 is 0 Å². The van der Waals surface area contributed by atoms with E-state index in [0.717, 1.165) is 5.56 Å². The summed E-state index contributed by atoms with van der Waals surface area (Å²) in [6.07, 6.45) is 3.44. The predicted octanol–water partition coefficient (Wildman–Crippen LogP) is 3.07. The molecule has 1 aromatic carbocycles. The second-order valence-corrected chi connectivity index (χ2v) is 7.94. The maximum Gasteiger partial charge on any atom is 0.263 e. The maximum atomic E-state index is 12.5. The number of hydrogen-bond donors (Lipinski definition) is 2. The Labute approximate surface area is 164 Å². The first-order valence-corrected chi connectivity index (χ1v) is 10.2. The summed E-state index contributed by atoms with van der Waals surface area (Å²) in [6, 6.07) is 13.2. The van der Waals surface area contributed by atoms with E-state index in [-0.39, 0.29) is 16.8 Å². The minimum absolute atomic E-state index is 0.0153. The molecular weight excluding hydrogens is 378 g/mol. The van der Waals surface area contributed by atoms with Crippen LogP contribution in [0.5, 0.6) is 5.75 Å². The monoisotopic (exact) mass is 399 g/mol. The summed E-state index contributed by atoms with van der Waals surface area (Å²) < 4.78 is 32.9. The molecule has 146 valence electrons. The second kappa shape index (κ2) is 8.66. The van der Waals surface area contributed by atoms with Crippen LogP contribution in [0.25, 0.3) is 0 Å². The van der Waals surface area contributed by atoms with Gasteiger partial charge < -0.3 is 10.1 Å². The van der Waals surface area contributed by atoms with Crippen LogP contribution in [-0.4, -0.2) is 29.7 Å². The molecule has 9 heteroatoms. The highest BCUT2D eigenvalue weighted by molar-refractivity contribution is 7.92. The van der Waals surface area contributed by atoms with Gasteiger partial charge in [-0.25, -0.2) is 8.42 Å². The van der Waals surface area contributed by atoms with Crippen LogP contribution < -0.4 is 14.8 Å².